The van der Waals surface area contributed by atoms with E-state index in [2.05, 4.69) is 16.0 Å². The zero-order valence-electron chi connectivity index (χ0n) is 25.2. The van der Waals surface area contributed by atoms with Crippen molar-refractivity contribution in [3.63, 3.8) is 0 Å². The Morgan fingerprint density at radius 3 is 2.33 bits per heavy atom. The fraction of sp³-hybridized carbons (Fsp3) is 0.606. The lowest BCUT2D eigenvalue weighted by Gasteiger charge is -2.57. The highest BCUT2D eigenvalue weighted by atomic mass is 35.5. The lowest BCUT2D eigenvalue weighted by atomic mass is 9.53. The van der Waals surface area contributed by atoms with Gasteiger partial charge in [-0.25, -0.2) is 0 Å². The molecular formula is C33H49ClN4O4S. The molecule has 10 heteroatoms. The number of carbonyl (C=O) groups excluding carboxylic acids is 1. The number of halogens is 1. The summed E-state index contributed by atoms with van der Waals surface area (Å²) in [6.07, 6.45) is 9.13. The first-order valence-corrected chi connectivity index (χ1v) is 17.6. The molecule has 2 aromatic rings. The van der Waals surface area contributed by atoms with Gasteiger partial charge in [0.15, 0.2) is 0 Å². The molecule has 1 saturated heterocycles. The smallest absolute Gasteiger partial charge is 0.251 e. The average molecular weight is 633 g/mol. The van der Waals surface area contributed by atoms with Crippen LogP contribution in [0.3, 0.4) is 0 Å². The third-order valence-corrected chi connectivity index (χ3v) is 12.0. The van der Waals surface area contributed by atoms with Crippen LogP contribution in [-0.4, -0.2) is 63.2 Å². The molecule has 238 valence electrons. The van der Waals surface area contributed by atoms with Crippen molar-refractivity contribution in [2.24, 2.45) is 17.8 Å². The van der Waals surface area contributed by atoms with Gasteiger partial charge in [-0.1, -0.05) is 30.3 Å². The second kappa shape index (κ2) is 13.5. The van der Waals surface area contributed by atoms with E-state index in [0.717, 1.165) is 41.8 Å². The number of aliphatic hydroxyl groups is 1. The Hall–Kier alpha value is -2.01. The highest BCUT2D eigenvalue weighted by Crippen LogP contribution is 2.55. The van der Waals surface area contributed by atoms with Gasteiger partial charge in [-0.15, -0.1) is 23.2 Å². The third-order valence-electron chi connectivity index (χ3n) is 10.0. The van der Waals surface area contributed by atoms with E-state index < -0.39 is 22.9 Å². The summed E-state index contributed by atoms with van der Waals surface area (Å²) in [4.78, 5) is 13.8. The van der Waals surface area contributed by atoms with Crippen molar-refractivity contribution in [2.75, 3.05) is 35.0 Å². The number of rotatable bonds is 11. The van der Waals surface area contributed by atoms with Crippen LogP contribution >= 0.6 is 23.2 Å². The van der Waals surface area contributed by atoms with Crippen molar-refractivity contribution in [1.29, 1.82) is 0 Å². The summed E-state index contributed by atoms with van der Waals surface area (Å²) >= 11 is 0. The molecule has 2 aromatic carbocycles. The molecule has 4 bridgehead atoms. The monoisotopic (exact) mass is 632 g/mol. The van der Waals surface area contributed by atoms with Crippen LogP contribution in [0.5, 0.6) is 0 Å². The summed E-state index contributed by atoms with van der Waals surface area (Å²) in [5.41, 5.74) is 3.00. The topological polar surface area (TPSA) is 117 Å². The first-order chi connectivity index (χ1) is 20.2. The Balaban J connectivity index is 0.00000368. The summed E-state index contributed by atoms with van der Waals surface area (Å²) in [5.74, 6) is 2.51. The molecule has 4 aliphatic carbocycles. The van der Waals surface area contributed by atoms with Crippen LogP contribution in [0.1, 0.15) is 74.2 Å². The molecule has 5 fully saturated rings. The first-order valence-electron chi connectivity index (χ1n) is 15.9. The van der Waals surface area contributed by atoms with Crippen LogP contribution in [0.2, 0.25) is 0 Å². The van der Waals surface area contributed by atoms with Crippen molar-refractivity contribution >= 4 is 40.5 Å². The molecule has 1 aliphatic heterocycles. The van der Waals surface area contributed by atoms with E-state index >= 15 is 0 Å². The minimum absolute atomic E-state index is 0. The predicted molar refractivity (Wildman–Crippen MR) is 178 cm³/mol. The predicted octanol–water partition coefficient (Wildman–Crippen LogP) is 6.07. The van der Waals surface area contributed by atoms with E-state index in [0.29, 0.717) is 43.1 Å². The van der Waals surface area contributed by atoms with Crippen LogP contribution in [0.4, 0.5) is 11.4 Å². The summed E-state index contributed by atoms with van der Waals surface area (Å²) in [6.45, 7) is 3.64. The second-order valence-corrected chi connectivity index (χ2v) is 15.5. The summed E-state index contributed by atoms with van der Waals surface area (Å²) in [5, 5.41) is 21.9. The minimum Gasteiger partial charge on any atom is -0.390 e. The number of hydrogen-bond donors (Lipinski definition) is 6. The van der Waals surface area contributed by atoms with Crippen molar-refractivity contribution in [1.82, 2.24) is 10.6 Å². The summed E-state index contributed by atoms with van der Waals surface area (Å²) in [7, 11) is -2.93. The van der Waals surface area contributed by atoms with Crippen LogP contribution in [-0.2, 0) is 6.42 Å². The number of amides is 1. The molecule has 0 spiro atoms. The van der Waals surface area contributed by atoms with Crippen molar-refractivity contribution in [3.8, 4) is 0 Å². The Morgan fingerprint density at radius 2 is 1.70 bits per heavy atom. The number of nitrogens with one attached hydrogen (secondary N) is 3. The van der Waals surface area contributed by atoms with Crippen LogP contribution < -0.4 is 20.3 Å². The number of benzene rings is 2. The van der Waals surface area contributed by atoms with Gasteiger partial charge in [0, 0.05) is 36.4 Å². The van der Waals surface area contributed by atoms with Crippen LogP contribution in [0.15, 0.2) is 48.5 Å². The molecule has 4 saturated carbocycles. The molecule has 7 rings (SSSR count). The van der Waals surface area contributed by atoms with Crippen molar-refractivity contribution < 1.29 is 19.0 Å². The number of anilines is 2. The van der Waals surface area contributed by atoms with Gasteiger partial charge in [-0.2, -0.15) is 0 Å². The first kappa shape index (κ1) is 32.4. The maximum atomic E-state index is 13.8. The van der Waals surface area contributed by atoms with E-state index in [1.165, 1.54) is 38.5 Å². The van der Waals surface area contributed by atoms with Gasteiger partial charge in [-0.05, 0) is 106 Å². The Bertz CT molecular complexity index is 1210. The fourth-order valence-electron chi connectivity index (χ4n) is 8.49. The molecule has 0 unspecified atom stereocenters. The highest BCUT2D eigenvalue weighted by Gasteiger charge is 2.50. The van der Waals surface area contributed by atoms with Gasteiger partial charge in [0.05, 0.1) is 23.6 Å². The lowest BCUT2D eigenvalue weighted by Crippen LogP contribution is -2.61. The van der Waals surface area contributed by atoms with Crippen LogP contribution in [0, 0.1) is 17.8 Å². The molecule has 43 heavy (non-hydrogen) atoms. The zero-order valence-corrected chi connectivity index (χ0v) is 26.8. The zero-order chi connectivity index (χ0) is 29.3. The number of nitrogens with zero attached hydrogens (tertiary/aromatic N) is 1. The van der Waals surface area contributed by atoms with E-state index in [1.54, 1.807) is 16.4 Å². The second-order valence-electron chi connectivity index (χ2n) is 13.4. The maximum Gasteiger partial charge on any atom is 0.251 e. The molecule has 2 atom stereocenters. The number of hydrogen-bond acceptors (Lipinski definition) is 7. The number of aliphatic hydroxyl groups excluding tert-OH is 1. The Kier molecular flexibility index (Phi) is 10.2. The number of β-amino-alcohol motifs (C(OH)–C–C–N with tert-alkyl or cyclic N) is 1. The molecule has 8 nitrogen and oxygen atoms in total. The van der Waals surface area contributed by atoms with Gasteiger partial charge < -0.3 is 21.1 Å². The lowest BCUT2D eigenvalue weighted by molar-refractivity contribution is -0.0262. The van der Waals surface area contributed by atoms with E-state index in [4.69, 9.17) is 0 Å². The fourth-order valence-corrected chi connectivity index (χ4v) is 10.2. The molecule has 6 N–H and O–H groups in total. The molecular weight excluding hydrogens is 584 g/mol. The third kappa shape index (κ3) is 7.45. The highest BCUT2D eigenvalue weighted by molar-refractivity contribution is 8.25. The standard InChI is InChI=1S/C33H48N4O4S.ClH/c1-2-34-28-16-27(17-29(18-28)37-10-6-7-11-42(37,40)41)32(39)36-30(15-23-8-4-3-5-9-23)31(38)22-35-33-19-24-12-25(20-33)14-26(13-24)21-33;/h3-5,8-9,16-18,24-26,30-31,34-35,38,40-41H,2,6-7,10-15,19-22H2,1H3,(H,36,39);1H/t24?,25?,26?,30-,31-,33?;/m0./s1. The molecule has 0 radical (unpaired) electrons. The van der Waals surface area contributed by atoms with Gasteiger partial charge in [0.1, 0.15) is 0 Å². The summed E-state index contributed by atoms with van der Waals surface area (Å²) < 4.78 is 23.2. The SMILES string of the molecule is CCNc1cc(C(=O)N[C@@H](Cc2ccccc2)[C@@H](O)CNC23CC4CC(CC(C4)C2)C3)cc(N2CCCCS2(O)O)c1.Cl. The van der Waals surface area contributed by atoms with Gasteiger partial charge in [-0.3, -0.25) is 18.2 Å². The van der Waals surface area contributed by atoms with Crippen molar-refractivity contribution in [2.45, 2.75) is 82.4 Å². The Labute approximate surface area is 264 Å². The summed E-state index contributed by atoms with van der Waals surface area (Å²) in [6, 6.07) is 14.9. The molecule has 1 heterocycles. The molecule has 5 aliphatic rings. The van der Waals surface area contributed by atoms with E-state index in [9.17, 15) is 19.0 Å². The van der Waals surface area contributed by atoms with E-state index in [-0.39, 0.29) is 23.9 Å². The minimum atomic E-state index is -2.93. The normalized spacial score (nSPS) is 29.3. The Morgan fingerprint density at radius 1 is 1.02 bits per heavy atom. The average Bonchev–Trinajstić information content (AvgIpc) is 2.95. The van der Waals surface area contributed by atoms with Gasteiger partial charge >= 0.3 is 0 Å². The molecule has 1 amide bonds. The number of carbonyl (C=O) groups is 1. The maximum absolute atomic E-state index is 13.8. The van der Waals surface area contributed by atoms with Gasteiger partial charge in [0.25, 0.3) is 5.91 Å². The van der Waals surface area contributed by atoms with Crippen molar-refractivity contribution in [3.05, 3.63) is 59.7 Å². The van der Waals surface area contributed by atoms with Gasteiger partial charge in [0.2, 0.25) is 0 Å². The van der Waals surface area contributed by atoms with Crippen LogP contribution in [0.25, 0.3) is 0 Å². The molecule has 0 aromatic heterocycles. The largest absolute Gasteiger partial charge is 0.390 e. The van der Waals surface area contributed by atoms with E-state index in [1.807, 2.05) is 43.3 Å². The quantitative estimate of drug-likeness (QED) is 0.178.